The van der Waals surface area contributed by atoms with Crippen LogP contribution in [-0.4, -0.2) is 33.0 Å². The van der Waals surface area contributed by atoms with E-state index in [9.17, 15) is 19.2 Å². The number of H-pyrrole nitrogens is 1. The average Bonchev–Trinajstić information content (AvgIpc) is 2.85. The van der Waals surface area contributed by atoms with Gasteiger partial charge in [0.25, 0.3) is 5.56 Å². The fourth-order valence-electron chi connectivity index (χ4n) is 3.61. The maximum absolute atomic E-state index is 13.4. The Bertz CT molecular complexity index is 1530. The third-order valence-corrected chi connectivity index (χ3v) is 6.17. The van der Waals surface area contributed by atoms with Crippen molar-refractivity contribution in [2.75, 3.05) is 6.54 Å². The third kappa shape index (κ3) is 5.57. The van der Waals surface area contributed by atoms with Gasteiger partial charge < -0.3 is 5.32 Å². The van der Waals surface area contributed by atoms with Crippen LogP contribution in [0.25, 0.3) is 5.69 Å². The number of aromatic nitrogens is 3. The zero-order chi connectivity index (χ0) is 25.8. The molecule has 0 aliphatic heterocycles. The standard InChI is InChI=1S/C25H17Cl3N4O4/c26-16-8-6-15(7-9-16)22(24(35)29-12-20(33)14-4-2-1-3-5-14)23-18(27)10-17(11-19(23)28)32-25(36)31-21(34)13-30-32/h1-11,13,22H,12H2,(H,29,35)(H,31,34,36). The molecule has 1 amide bonds. The van der Waals surface area contributed by atoms with Gasteiger partial charge in [0.15, 0.2) is 5.78 Å². The number of Topliss-reactive ketones (excluding diaryl/α,β-unsaturated/α-hetero) is 1. The lowest BCUT2D eigenvalue weighted by Gasteiger charge is -2.21. The van der Waals surface area contributed by atoms with E-state index in [0.717, 1.165) is 10.9 Å². The second-order valence-electron chi connectivity index (χ2n) is 7.67. The smallest absolute Gasteiger partial charge is 0.348 e. The van der Waals surface area contributed by atoms with E-state index < -0.39 is 23.1 Å². The largest absolute Gasteiger partial charge is 0.349 e. The van der Waals surface area contributed by atoms with E-state index in [1.54, 1.807) is 54.6 Å². The molecule has 0 spiro atoms. The van der Waals surface area contributed by atoms with Crippen molar-refractivity contribution in [2.45, 2.75) is 5.92 Å². The van der Waals surface area contributed by atoms with Gasteiger partial charge in [-0.2, -0.15) is 9.78 Å². The van der Waals surface area contributed by atoms with Gasteiger partial charge in [0.2, 0.25) is 5.91 Å². The molecule has 4 aromatic rings. The van der Waals surface area contributed by atoms with Crippen molar-refractivity contribution in [3.63, 3.8) is 0 Å². The van der Waals surface area contributed by atoms with E-state index in [-0.39, 0.29) is 33.6 Å². The molecule has 4 rings (SSSR count). The number of benzene rings is 3. The number of rotatable bonds is 7. The Kier molecular flexibility index (Phi) is 7.69. The minimum Gasteiger partial charge on any atom is -0.348 e. The molecule has 0 saturated heterocycles. The van der Waals surface area contributed by atoms with Gasteiger partial charge in [0, 0.05) is 26.2 Å². The number of carbonyl (C=O) groups is 2. The normalized spacial score (nSPS) is 11.6. The number of hydrogen-bond donors (Lipinski definition) is 2. The number of halogens is 3. The van der Waals surface area contributed by atoms with E-state index in [4.69, 9.17) is 34.8 Å². The molecule has 1 heterocycles. The predicted octanol–water partition coefficient (Wildman–Crippen LogP) is 4.01. The maximum atomic E-state index is 13.4. The minimum atomic E-state index is -1.000. The average molecular weight is 544 g/mol. The number of carbonyl (C=O) groups excluding carboxylic acids is 2. The molecule has 3 aromatic carbocycles. The summed E-state index contributed by atoms with van der Waals surface area (Å²) in [5.41, 5.74) is -0.0144. The summed E-state index contributed by atoms with van der Waals surface area (Å²) in [5, 5.41) is 7.07. The van der Waals surface area contributed by atoms with E-state index >= 15 is 0 Å². The molecule has 0 bridgehead atoms. The van der Waals surface area contributed by atoms with E-state index in [2.05, 4.69) is 15.4 Å². The van der Waals surface area contributed by atoms with Crippen LogP contribution >= 0.6 is 34.8 Å². The number of aromatic amines is 1. The lowest BCUT2D eigenvalue weighted by atomic mass is 9.90. The summed E-state index contributed by atoms with van der Waals surface area (Å²) in [6.07, 6.45) is 0.935. The predicted molar refractivity (Wildman–Crippen MR) is 138 cm³/mol. The van der Waals surface area contributed by atoms with Gasteiger partial charge in [0.05, 0.1) is 18.2 Å². The summed E-state index contributed by atoms with van der Waals surface area (Å²) in [6.45, 7) is -0.239. The summed E-state index contributed by atoms with van der Waals surface area (Å²) < 4.78 is 0.916. The molecule has 1 aromatic heterocycles. The highest BCUT2D eigenvalue weighted by atomic mass is 35.5. The van der Waals surface area contributed by atoms with E-state index in [0.29, 0.717) is 16.1 Å². The molecular weight excluding hydrogens is 527 g/mol. The van der Waals surface area contributed by atoms with Gasteiger partial charge >= 0.3 is 5.69 Å². The van der Waals surface area contributed by atoms with Crippen molar-refractivity contribution in [1.82, 2.24) is 20.1 Å². The zero-order valence-corrected chi connectivity index (χ0v) is 20.6. The first-order valence-corrected chi connectivity index (χ1v) is 11.7. The summed E-state index contributed by atoms with van der Waals surface area (Å²) >= 11 is 19.2. The van der Waals surface area contributed by atoms with Crippen molar-refractivity contribution in [2.24, 2.45) is 0 Å². The molecule has 1 unspecified atom stereocenters. The number of hydrogen-bond acceptors (Lipinski definition) is 5. The van der Waals surface area contributed by atoms with Crippen molar-refractivity contribution in [3.05, 3.63) is 126 Å². The van der Waals surface area contributed by atoms with Gasteiger partial charge in [-0.15, -0.1) is 0 Å². The van der Waals surface area contributed by atoms with Gasteiger partial charge in [-0.25, -0.2) is 4.79 Å². The van der Waals surface area contributed by atoms with Gasteiger partial charge in [-0.1, -0.05) is 77.3 Å². The van der Waals surface area contributed by atoms with E-state index in [1.807, 2.05) is 0 Å². The highest BCUT2D eigenvalue weighted by Gasteiger charge is 2.28. The summed E-state index contributed by atoms with van der Waals surface area (Å²) in [5.74, 6) is -1.78. The lowest BCUT2D eigenvalue weighted by molar-refractivity contribution is -0.121. The zero-order valence-electron chi connectivity index (χ0n) is 18.4. The molecule has 182 valence electrons. The molecule has 0 fully saturated rings. The van der Waals surface area contributed by atoms with Gasteiger partial charge in [-0.3, -0.25) is 19.4 Å². The molecule has 0 aliphatic rings. The molecule has 0 radical (unpaired) electrons. The molecule has 36 heavy (non-hydrogen) atoms. The lowest BCUT2D eigenvalue weighted by Crippen LogP contribution is -2.34. The minimum absolute atomic E-state index is 0.0712. The Labute approximate surface area is 219 Å². The van der Waals surface area contributed by atoms with Crippen LogP contribution in [0.1, 0.15) is 27.4 Å². The number of nitrogens with one attached hydrogen (secondary N) is 2. The van der Waals surface area contributed by atoms with Gasteiger partial charge in [0.1, 0.15) is 6.20 Å². The SMILES string of the molecule is O=C(CNC(=O)C(c1ccc(Cl)cc1)c1c(Cl)cc(-n2ncc(=O)[nH]c2=O)cc1Cl)c1ccccc1. The first-order chi connectivity index (χ1) is 17.2. The van der Waals surface area contributed by atoms with Crippen molar-refractivity contribution in [1.29, 1.82) is 0 Å². The van der Waals surface area contributed by atoms with Gasteiger partial charge in [-0.05, 0) is 29.8 Å². The van der Waals surface area contributed by atoms with E-state index in [1.165, 1.54) is 12.1 Å². The summed E-state index contributed by atoms with van der Waals surface area (Å²) in [7, 11) is 0. The quantitative estimate of drug-likeness (QED) is 0.342. The molecular formula is C25H17Cl3N4O4. The Balaban J connectivity index is 1.72. The number of ketones is 1. The molecule has 8 nitrogen and oxygen atoms in total. The monoisotopic (exact) mass is 542 g/mol. The molecule has 0 aliphatic carbocycles. The molecule has 0 saturated carbocycles. The Morgan fingerprint density at radius 1 is 0.944 bits per heavy atom. The van der Waals surface area contributed by atoms with Crippen LogP contribution in [0, 0.1) is 0 Å². The summed E-state index contributed by atoms with van der Waals surface area (Å²) in [6, 6.07) is 17.9. The third-order valence-electron chi connectivity index (χ3n) is 5.29. The fourth-order valence-corrected chi connectivity index (χ4v) is 4.43. The van der Waals surface area contributed by atoms with Crippen LogP contribution in [0.2, 0.25) is 15.1 Å². The van der Waals surface area contributed by atoms with Crippen LogP contribution in [0.4, 0.5) is 0 Å². The van der Waals surface area contributed by atoms with Crippen molar-refractivity contribution in [3.8, 4) is 5.69 Å². The highest BCUT2D eigenvalue weighted by Crippen LogP contribution is 2.38. The Morgan fingerprint density at radius 2 is 1.58 bits per heavy atom. The second-order valence-corrected chi connectivity index (χ2v) is 8.92. The molecule has 1 atom stereocenters. The number of amides is 1. The van der Waals surface area contributed by atoms with Crippen molar-refractivity contribution < 1.29 is 9.59 Å². The maximum Gasteiger partial charge on any atom is 0.349 e. The first-order valence-electron chi connectivity index (χ1n) is 10.5. The highest BCUT2D eigenvalue weighted by molar-refractivity contribution is 6.37. The van der Waals surface area contributed by atoms with Crippen LogP contribution in [0.15, 0.2) is 82.5 Å². The molecule has 11 heteroatoms. The first kappa shape index (κ1) is 25.4. The number of nitrogens with zero attached hydrogens (tertiary/aromatic N) is 2. The second kappa shape index (κ2) is 10.9. The van der Waals surface area contributed by atoms with Crippen molar-refractivity contribution >= 4 is 46.5 Å². The van der Waals surface area contributed by atoms with Crippen LogP contribution in [0.5, 0.6) is 0 Å². The Hall–Kier alpha value is -3.72. The Morgan fingerprint density at radius 3 is 2.19 bits per heavy atom. The van der Waals surface area contributed by atoms with Crippen LogP contribution in [0.3, 0.4) is 0 Å². The summed E-state index contributed by atoms with van der Waals surface area (Å²) in [4.78, 5) is 51.5. The van der Waals surface area contributed by atoms with Crippen LogP contribution in [-0.2, 0) is 4.79 Å². The topological polar surface area (TPSA) is 114 Å². The van der Waals surface area contributed by atoms with Crippen LogP contribution < -0.4 is 16.6 Å². The fraction of sp³-hybridized carbons (Fsp3) is 0.0800. The molecule has 2 N–H and O–H groups in total.